The molecule has 0 bridgehead atoms. The van der Waals surface area contributed by atoms with E-state index < -0.39 is 5.91 Å². The Balaban J connectivity index is 0.000000255. The highest BCUT2D eigenvalue weighted by Gasteiger charge is 2.23. The summed E-state index contributed by atoms with van der Waals surface area (Å²) in [6.07, 6.45) is 11.0. The normalized spacial score (nSPS) is 15.5. The first-order valence-corrected chi connectivity index (χ1v) is 12.7. The van der Waals surface area contributed by atoms with Gasteiger partial charge >= 0.3 is 0 Å². The van der Waals surface area contributed by atoms with Gasteiger partial charge in [-0.15, -0.1) is 0 Å². The van der Waals surface area contributed by atoms with Gasteiger partial charge in [0.05, 0.1) is 50.2 Å². The van der Waals surface area contributed by atoms with E-state index in [4.69, 9.17) is 19.4 Å². The SMILES string of the molecule is CN(C)C1CCCCC1.COc1cc2[nH]ncc2cc1C(=O)Nc1cccn(C2COC2)c1=O.O=CCO. The van der Waals surface area contributed by atoms with Crippen molar-refractivity contribution in [3.05, 3.63) is 52.6 Å². The summed E-state index contributed by atoms with van der Waals surface area (Å²) in [4.78, 5) is 36.5. The van der Waals surface area contributed by atoms with Crippen molar-refractivity contribution in [2.75, 3.05) is 46.3 Å². The number of anilines is 1. The maximum atomic E-state index is 12.7. The molecule has 0 radical (unpaired) electrons. The second-order valence-corrected chi connectivity index (χ2v) is 9.39. The number of hydrogen-bond donors (Lipinski definition) is 3. The lowest BCUT2D eigenvalue weighted by atomic mass is 9.95. The fourth-order valence-electron chi connectivity index (χ4n) is 4.38. The summed E-state index contributed by atoms with van der Waals surface area (Å²) in [5.74, 6) is -0.0161. The molecule has 1 aliphatic heterocycles. The van der Waals surface area contributed by atoms with E-state index in [1.165, 1.54) is 39.2 Å². The van der Waals surface area contributed by atoms with Crippen molar-refractivity contribution in [3.8, 4) is 5.75 Å². The molecule has 1 amide bonds. The van der Waals surface area contributed by atoms with Crippen molar-refractivity contribution in [3.63, 3.8) is 0 Å². The first-order chi connectivity index (χ1) is 18.4. The van der Waals surface area contributed by atoms with Gasteiger partial charge in [-0.05, 0) is 45.1 Å². The number of nitrogens with zero attached hydrogens (tertiary/aromatic N) is 3. The predicted octanol–water partition coefficient (Wildman–Crippen LogP) is 2.62. The van der Waals surface area contributed by atoms with Gasteiger partial charge in [0.25, 0.3) is 11.5 Å². The number of aldehydes is 1. The zero-order chi connectivity index (χ0) is 27.5. The van der Waals surface area contributed by atoms with E-state index in [9.17, 15) is 9.59 Å². The molecule has 11 nitrogen and oxygen atoms in total. The first-order valence-electron chi connectivity index (χ1n) is 12.7. The molecule has 5 rings (SSSR count). The smallest absolute Gasteiger partial charge is 0.274 e. The van der Waals surface area contributed by atoms with Crippen molar-refractivity contribution >= 4 is 28.8 Å². The van der Waals surface area contributed by atoms with Crippen molar-refractivity contribution in [1.82, 2.24) is 19.7 Å². The van der Waals surface area contributed by atoms with E-state index in [1.54, 1.807) is 41.2 Å². The minimum atomic E-state index is -0.417. The van der Waals surface area contributed by atoms with Gasteiger partial charge < -0.3 is 34.2 Å². The molecule has 11 heteroatoms. The summed E-state index contributed by atoms with van der Waals surface area (Å²) in [5, 5.41) is 17.7. The van der Waals surface area contributed by atoms with Crippen LogP contribution < -0.4 is 15.6 Å². The maximum absolute atomic E-state index is 12.7. The van der Waals surface area contributed by atoms with E-state index in [0.29, 0.717) is 30.8 Å². The van der Waals surface area contributed by atoms with Crippen LogP contribution in [0.1, 0.15) is 48.5 Å². The third-order valence-electron chi connectivity index (χ3n) is 6.62. The average molecular weight is 528 g/mol. The van der Waals surface area contributed by atoms with E-state index in [-0.39, 0.29) is 23.9 Å². The van der Waals surface area contributed by atoms with Crippen LogP contribution in [0.25, 0.3) is 10.9 Å². The molecule has 2 fully saturated rings. The summed E-state index contributed by atoms with van der Waals surface area (Å²) in [6.45, 7) is 0.643. The van der Waals surface area contributed by atoms with Gasteiger partial charge in [0.2, 0.25) is 0 Å². The van der Waals surface area contributed by atoms with Crippen molar-refractivity contribution in [2.24, 2.45) is 0 Å². The summed E-state index contributed by atoms with van der Waals surface area (Å²) in [7, 11) is 5.87. The number of aromatic nitrogens is 3. The van der Waals surface area contributed by atoms with Crippen LogP contribution in [0.15, 0.2) is 41.5 Å². The van der Waals surface area contributed by atoms with Gasteiger partial charge in [0.15, 0.2) is 0 Å². The lowest BCUT2D eigenvalue weighted by Gasteiger charge is -2.28. The number of rotatable bonds is 6. The fourth-order valence-corrected chi connectivity index (χ4v) is 4.38. The number of hydrogen-bond acceptors (Lipinski definition) is 8. The molecule has 0 atom stereocenters. The summed E-state index contributed by atoms with van der Waals surface area (Å²) in [6, 6.07) is 7.59. The van der Waals surface area contributed by atoms with Gasteiger partial charge in [0.1, 0.15) is 17.7 Å². The molecule has 3 aromatic rings. The third kappa shape index (κ3) is 7.50. The van der Waals surface area contributed by atoms with E-state index in [2.05, 4.69) is 34.5 Å². The number of H-pyrrole nitrogens is 1. The monoisotopic (exact) mass is 527 g/mol. The minimum Gasteiger partial charge on any atom is -0.496 e. The molecule has 0 spiro atoms. The highest BCUT2D eigenvalue weighted by atomic mass is 16.5. The Kier molecular flexibility index (Phi) is 11.0. The standard InChI is InChI=1S/C17H16N4O4.C8H17N.C2H4O2/c1-24-15-6-14-10(7-18-20-14)5-12(15)16(22)19-13-3-2-4-21(17(13)23)11-8-25-9-11;1-9(2)8-6-4-3-5-7-8;3-1-2-4/h2-7,11H,8-9H2,1H3,(H,18,20)(H,19,22);8H,3-7H2,1-2H3;1,4H,2H2. The van der Waals surface area contributed by atoms with Gasteiger partial charge in [-0.25, -0.2) is 0 Å². The molecule has 2 aliphatic rings. The van der Waals surface area contributed by atoms with Crippen LogP contribution in [0.5, 0.6) is 5.75 Å². The number of nitrogens with one attached hydrogen (secondary N) is 2. The Morgan fingerprint density at radius 1 is 1.29 bits per heavy atom. The highest BCUT2D eigenvalue weighted by molar-refractivity contribution is 6.08. The van der Waals surface area contributed by atoms with Crippen LogP contribution >= 0.6 is 0 Å². The second-order valence-electron chi connectivity index (χ2n) is 9.39. The van der Waals surface area contributed by atoms with Crippen LogP contribution in [-0.4, -0.2) is 84.0 Å². The van der Waals surface area contributed by atoms with Crippen LogP contribution in [-0.2, 0) is 9.53 Å². The molecular weight excluding hydrogens is 490 g/mol. The fraction of sp³-hybridized carbons (Fsp3) is 0.481. The molecule has 3 heterocycles. The van der Waals surface area contributed by atoms with Crippen molar-refractivity contribution in [2.45, 2.75) is 44.2 Å². The average Bonchev–Trinajstić information content (AvgIpc) is 3.37. The summed E-state index contributed by atoms with van der Waals surface area (Å²) in [5.41, 5.74) is 1.06. The number of methoxy groups -OCH3 is 1. The summed E-state index contributed by atoms with van der Waals surface area (Å²) < 4.78 is 12.0. The second kappa shape index (κ2) is 14.4. The lowest BCUT2D eigenvalue weighted by Crippen LogP contribution is -2.38. The van der Waals surface area contributed by atoms with Gasteiger partial charge in [-0.1, -0.05) is 19.3 Å². The lowest BCUT2D eigenvalue weighted by molar-refractivity contribution is -0.110. The first kappa shape index (κ1) is 29.0. The Hall–Kier alpha value is -3.54. The number of aliphatic hydroxyl groups excluding tert-OH is 1. The van der Waals surface area contributed by atoms with Crippen LogP contribution in [0.4, 0.5) is 5.69 Å². The molecule has 38 heavy (non-hydrogen) atoms. The predicted molar refractivity (Wildman–Crippen MR) is 145 cm³/mol. The molecular formula is C27H37N5O6. The number of aliphatic hydroxyl groups is 1. The van der Waals surface area contributed by atoms with E-state index in [1.807, 2.05) is 0 Å². The number of benzene rings is 1. The van der Waals surface area contributed by atoms with E-state index in [0.717, 1.165) is 16.9 Å². The number of amides is 1. The quantitative estimate of drug-likeness (QED) is 0.416. The molecule has 1 saturated carbocycles. The summed E-state index contributed by atoms with van der Waals surface area (Å²) >= 11 is 0. The number of carbonyl (C=O) groups is 2. The largest absolute Gasteiger partial charge is 0.496 e. The zero-order valence-corrected chi connectivity index (χ0v) is 22.2. The molecule has 2 aromatic heterocycles. The Labute approximate surface area is 221 Å². The Bertz CT molecular complexity index is 1240. The molecule has 1 aliphatic carbocycles. The number of aromatic amines is 1. The molecule has 206 valence electrons. The van der Waals surface area contributed by atoms with Crippen molar-refractivity contribution in [1.29, 1.82) is 0 Å². The Morgan fingerprint density at radius 3 is 2.55 bits per heavy atom. The van der Waals surface area contributed by atoms with Gasteiger partial charge in [-0.3, -0.25) is 14.7 Å². The highest BCUT2D eigenvalue weighted by Crippen LogP contribution is 2.25. The molecule has 1 aromatic carbocycles. The molecule has 1 saturated heterocycles. The minimum absolute atomic E-state index is 0.0150. The molecule has 3 N–H and O–H groups in total. The van der Waals surface area contributed by atoms with Gasteiger partial charge in [-0.2, -0.15) is 5.10 Å². The molecule has 0 unspecified atom stereocenters. The maximum Gasteiger partial charge on any atom is 0.274 e. The van der Waals surface area contributed by atoms with E-state index >= 15 is 0 Å². The number of ether oxygens (including phenoxy) is 2. The Morgan fingerprint density at radius 2 is 2.00 bits per heavy atom. The number of carbonyl (C=O) groups excluding carboxylic acids is 2. The van der Waals surface area contributed by atoms with Crippen LogP contribution in [0.2, 0.25) is 0 Å². The van der Waals surface area contributed by atoms with Crippen LogP contribution in [0.3, 0.4) is 0 Å². The zero-order valence-electron chi connectivity index (χ0n) is 22.2. The number of pyridine rings is 1. The van der Waals surface area contributed by atoms with Crippen molar-refractivity contribution < 1.29 is 24.2 Å². The topological polar surface area (TPSA) is 139 Å². The third-order valence-corrected chi connectivity index (χ3v) is 6.62. The number of fused-ring (bicyclic) bond motifs is 1. The van der Waals surface area contributed by atoms with Crippen LogP contribution in [0, 0.1) is 0 Å². The van der Waals surface area contributed by atoms with Gasteiger partial charge in [0, 0.05) is 23.7 Å².